The Bertz CT molecular complexity index is 3390. The first-order chi connectivity index (χ1) is 34.5. The van der Waals surface area contributed by atoms with Crippen molar-refractivity contribution in [2.24, 2.45) is 39.9 Å². The Labute approximate surface area is 422 Å². The summed E-state index contributed by atoms with van der Waals surface area (Å²) in [5.41, 5.74) is 10.2. The molecule has 70 heavy (non-hydrogen) atoms. The van der Waals surface area contributed by atoms with Gasteiger partial charge in [0.1, 0.15) is 0 Å². The summed E-state index contributed by atoms with van der Waals surface area (Å²) in [6, 6.07) is 65.5. The molecule has 14 heteroatoms. The molecule has 8 aromatic rings. The molecule has 0 N–H and O–H groups in total. The maximum absolute atomic E-state index is 6.12. The van der Waals surface area contributed by atoms with E-state index in [2.05, 4.69) is 179 Å². The number of aliphatic imine (C=N–C) groups is 8. The Morgan fingerprint density at radius 2 is 0.586 bits per heavy atom. The van der Waals surface area contributed by atoms with Crippen molar-refractivity contribution in [2.45, 2.75) is 9.79 Å². The van der Waals surface area contributed by atoms with Crippen LogP contribution in [-0.4, -0.2) is 46.7 Å². The highest BCUT2D eigenvalue weighted by molar-refractivity contribution is 9.10. The number of hydrogen-bond acceptors (Lipinski definition) is 12. The smallest absolute Gasteiger partial charge is 0.202 e. The average molecular weight is 1050 g/mol. The van der Waals surface area contributed by atoms with Crippen LogP contribution in [0.2, 0.25) is 0 Å². The van der Waals surface area contributed by atoms with Gasteiger partial charge in [-0.05, 0) is 121 Å². The van der Waals surface area contributed by atoms with Crippen LogP contribution in [0.1, 0.15) is 22.3 Å². The van der Waals surface area contributed by atoms with Crippen molar-refractivity contribution in [3.8, 4) is 11.5 Å². The fraction of sp³-hybridized carbons (Fsp3) is 0. The van der Waals surface area contributed by atoms with Gasteiger partial charge in [0.2, 0.25) is 23.3 Å². The largest absolute Gasteiger partial charge is 0.453 e. The summed E-state index contributed by atoms with van der Waals surface area (Å²) < 4.78 is 8.15. The van der Waals surface area contributed by atoms with Gasteiger partial charge < -0.3 is 14.5 Å². The van der Waals surface area contributed by atoms with Crippen LogP contribution in [0.4, 0.5) is 34.1 Å². The lowest BCUT2D eigenvalue weighted by Crippen LogP contribution is -2.15. The topological polar surface area (TPSA) is 115 Å². The first kappa shape index (κ1) is 42.0. The first-order valence-electron chi connectivity index (χ1n) is 22.2. The molecule has 0 aromatic heterocycles. The number of fused-ring (bicyclic) bond motifs is 6. The van der Waals surface area contributed by atoms with Gasteiger partial charge in [-0.25, -0.2) is 39.9 Å². The minimum absolute atomic E-state index is 0.554. The lowest BCUT2D eigenvalue weighted by molar-refractivity contribution is 0.477. The van der Waals surface area contributed by atoms with Gasteiger partial charge in [-0.1, -0.05) is 116 Å². The highest BCUT2D eigenvalue weighted by atomic mass is 79.9. The van der Waals surface area contributed by atoms with Crippen LogP contribution in [-0.2, 0) is 0 Å². The summed E-state index contributed by atoms with van der Waals surface area (Å²) in [5.74, 6) is 6.43. The van der Waals surface area contributed by atoms with E-state index in [9.17, 15) is 0 Å². The normalized spacial score (nSPS) is 15.4. The Hall–Kier alpha value is -8.17. The monoisotopic (exact) mass is 1050 g/mol. The van der Waals surface area contributed by atoms with Crippen LogP contribution in [0.5, 0.6) is 11.5 Å². The molecule has 0 bridgehead atoms. The van der Waals surface area contributed by atoms with Crippen molar-refractivity contribution in [3.05, 3.63) is 225 Å². The predicted octanol–water partition coefficient (Wildman–Crippen LogP) is 14.4. The molecule has 0 atom stereocenters. The fourth-order valence-corrected chi connectivity index (χ4v) is 10.2. The van der Waals surface area contributed by atoms with Crippen LogP contribution in [0.25, 0.3) is 0 Å². The van der Waals surface area contributed by atoms with Gasteiger partial charge in [-0.2, -0.15) is 0 Å². The summed E-state index contributed by atoms with van der Waals surface area (Å²) in [4.78, 5) is 43.9. The van der Waals surface area contributed by atoms with Gasteiger partial charge in [-0.3, -0.25) is 0 Å². The van der Waals surface area contributed by atoms with Crippen LogP contribution in [0.15, 0.2) is 253 Å². The van der Waals surface area contributed by atoms with Crippen molar-refractivity contribution in [3.63, 3.8) is 0 Å². The predicted molar refractivity (Wildman–Crippen MR) is 291 cm³/mol. The van der Waals surface area contributed by atoms with Crippen molar-refractivity contribution < 1.29 is 4.74 Å². The highest BCUT2D eigenvalue weighted by Crippen LogP contribution is 2.52. The zero-order valence-electron chi connectivity index (χ0n) is 36.5. The Balaban J connectivity index is 0.000000137. The van der Waals surface area contributed by atoms with Gasteiger partial charge in [-0.15, -0.1) is 0 Å². The first-order valence-corrected chi connectivity index (χ1v) is 24.6. The quantitative estimate of drug-likeness (QED) is 0.165. The van der Waals surface area contributed by atoms with Crippen molar-refractivity contribution in [1.82, 2.24) is 0 Å². The number of hydrogen-bond donors (Lipinski definition) is 0. The van der Waals surface area contributed by atoms with E-state index in [1.807, 2.05) is 97.1 Å². The molecule has 0 spiro atoms. The van der Waals surface area contributed by atoms with E-state index in [1.54, 1.807) is 11.8 Å². The second-order valence-electron chi connectivity index (χ2n) is 16.3. The second kappa shape index (κ2) is 17.4. The SMILES string of the molecule is Brc1ccc(C2=NC3=NC(c4ccc(N5c6ccccc6Oc6ccccc65)cc4)=NC3=N2)cc1.Brc1ccc(C2=NC3=NC(c4ccc(N5c6ccccc6Sc6ccccc65)cc4)=NC3=N2)cc1. The second-order valence-corrected chi connectivity index (χ2v) is 19.3. The van der Waals surface area contributed by atoms with Crippen molar-refractivity contribution in [1.29, 1.82) is 0 Å². The van der Waals surface area contributed by atoms with Crippen LogP contribution >= 0.6 is 43.6 Å². The summed E-state index contributed by atoms with van der Waals surface area (Å²) in [6.45, 7) is 0. The Kier molecular flexibility index (Phi) is 10.4. The van der Waals surface area contributed by atoms with Gasteiger partial charge in [0.05, 0.1) is 22.7 Å². The molecule has 0 saturated carbocycles. The molecule has 8 aromatic carbocycles. The van der Waals surface area contributed by atoms with Crippen molar-refractivity contribution in [2.75, 3.05) is 9.80 Å². The Morgan fingerprint density at radius 1 is 0.300 bits per heavy atom. The zero-order valence-corrected chi connectivity index (χ0v) is 40.5. The van der Waals surface area contributed by atoms with E-state index < -0.39 is 0 Å². The van der Waals surface area contributed by atoms with Gasteiger partial charge in [0.15, 0.2) is 34.8 Å². The molecular weight excluding hydrogens is 1020 g/mol. The molecule has 6 aliphatic heterocycles. The van der Waals surface area contributed by atoms with Gasteiger partial charge in [0, 0.05) is 52.4 Å². The molecule has 0 fully saturated rings. The maximum atomic E-state index is 6.12. The molecule has 11 nitrogen and oxygen atoms in total. The zero-order chi connectivity index (χ0) is 46.7. The molecule has 0 amide bonds. The molecule has 6 aliphatic rings. The number of nitrogens with zero attached hydrogens (tertiary/aromatic N) is 10. The number of para-hydroxylation sites is 6. The summed E-state index contributed by atoms with van der Waals surface area (Å²) in [7, 11) is 0. The minimum Gasteiger partial charge on any atom is -0.453 e. The molecule has 0 aliphatic carbocycles. The van der Waals surface area contributed by atoms with Crippen LogP contribution in [0, 0.1) is 0 Å². The number of amidine groups is 8. The highest BCUT2D eigenvalue weighted by Gasteiger charge is 2.30. The van der Waals surface area contributed by atoms with E-state index in [-0.39, 0.29) is 0 Å². The Morgan fingerprint density at radius 3 is 0.957 bits per heavy atom. The molecular formula is C56H32Br2N10OS. The van der Waals surface area contributed by atoms with E-state index in [4.69, 9.17) is 4.74 Å². The van der Waals surface area contributed by atoms with Crippen molar-refractivity contribution >= 4 is 124 Å². The number of anilines is 6. The minimum atomic E-state index is 0.554. The van der Waals surface area contributed by atoms with Crippen LogP contribution < -0.4 is 14.5 Å². The van der Waals surface area contributed by atoms with Gasteiger partial charge in [0.25, 0.3) is 0 Å². The standard InChI is InChI=1S/C28H16BrN5O.C28H16BrN5S/c2*29-19-13-9-17(10-14-19)25-30-27-28(31-25)33-26(32-27)18-11-15-20(16-12-18)34-21-5-1-3-7-23(21)35-24-8-4-2-6-22(24)34/h2*1-16H. The molecule has 0 saturated heterocycles. The van der Waals surface area contributed by atoms with E-state index in [0.29, 0.717) is 46.7 Å². The molecule has 332 valence electrons. The molecule has 0 unspecified atom stereocenters. The molecule has 0 radical (unpaired) electrons. The van der Waals surface area contributed by atoms with Gasteiger partial charge >= 0.3 is 0 Å². The average Bonchev–Trinajstić information content (AvgIpc) is 4.20. The van der Waals surface area contributed by atoms with E-state index in [1.165, 1.54) is 21.2 Å². The third kappa shape index (κ3) is 7.71. The fourth-order valence-electron chi connectivity index (χ4n) is 8.60. The lowest BCUT2D eigenvalue weighted by Gasteiger charge is -2.32. The summed E-state index contributed by atoms with van der Waals surface area (Å²) in [6.07, 6.45) is 0. The molecule has 6 heterocycles. The number of rotatable bonds is 6. The lowest BCUT2D eigenvalue weighted by atomic mass is 10.1. The third-order valence-electron chi connectivity index (χ3n) is 11.9. The maximum Gasteiger partial charge on any atom is 0.202 e. The summed E-state index contributed by atoms with van der Waals surface area (Å²) >= 11 is 8.72. The number of ether oxygens (including phenoxy) is 1. The number of halogens is 2. The third-order valence-corrected chi connectivity index (χ3v) is 14.1. The van der Waals surface area contributed by atoms with E-state index >= 15 is 0 Å². The number of benzene rings is 8. The van der Waals surface area contributed by atoms with Crippen LogP contribution in [0.3, 0.4) is 0 Å². The summed E-state index contributed by atoms with van der Waals surface area (Å²) in [5, 5.41) is 0. The van der Waals surface area contributed by atoms with E-state index in [0.717, 1.165) is 65.4 Å². The molecule has 14 rings (SSSR count).